The number of hydrogen-bond donors (Lipinski definition) is 4. The number of hydrogen-bond acceptors (Lipinski definition) is 6. The van der Waals surface area contributed by atoms with Crippen LogP contribution < -0.4 is 0 Å². The Labute approximate surface area is 81.7 Å². The van der Waals surface area contributed by atoms with Crippen LogP contribution in [0.5, 0.6) is 0 Å². The van der Waals surface area contributed by atoms with E-state index in [2.05, 4.69) is 0 Å². The fraction of sp³-hybridized carbons (Fsp3) is 1.00. The molecule has 5 atom stereocenters. The third-order valence-electron chi connectivity index (χ3n) is 2.18. The Morgan fingerprint density at radius 3 is 2.29 bits per heavy atom. The molecule has 4 N–H and O–H groups in total. The van der Waals surface area contributed by atoms with Crippen molar-refractivity contribution < 1.29 is 29.9 Å². The highest BCUT2D eigenvalue weighted by molar-refractivity contribution is 4.88. The third kappa shape index (κ3) is 2.22. The van der Waals surface area contributed by atoms with E-state index in [4.69, 9.17) is 14.6 Å². The van der Waals surface area contributed by atoms with Gasteiger partial charge in [0, 0.05) is 6.61 Å². The minimum atomic E-state index is -1.36. The van der Waals surface area contributed by atoms with Gasteiger partial charge in [-0.15, -0.1) is 0 Å². The quantitative estimate of drug-likeness (QED) is 0.421. The highest BCUT2D eigenvalue weighted by Gasteiger charge is 2.43. The molecule has 6 heteroatoms. The summed E-state index contributed by atoms with van der Waals surface area (Å²) in [5.41, 5.74) is 0. The molecular weight excluding hydrogens is 192 g/mol. The first-order chi connectivity index (χ1) is 6.61. The van der Waals surface area contributed by atoms with Gasteiger partial charge in [0.15, 0.2) is 6.29 Å². The maximum Gasteiger partial charge on any atom is 0.186 e. The minimum Gasteiger partial charge on any atom is -0.394 e. The molecule has 0 saturated carbocycles. The number of rotatable bonds is 3. The van der Waals surface area contributed by atoms with E-state index in [1.165, 1.54) is 0 Å². The Morgan fingerprint density at radius 2 is 1.79 bits per heavy atom. The zero-order chi connectivity index (χ0) is 10.7. The van der Waals surface area contributed by atoms with Crippen LogP contribution >= 0.6 is 0 Å². The first-order valence-corrected chi connectivity index (χ1v) is 4.54. The van der Waals surface area contributed by atoms with Crippen molar-refractivity contribution in [2.75, 3.05) is 13.2 Å². The van der Waals surface area contributed by atoms with Gasteiger partial charge in [0.05, 0.1) is 6.61 Å². The van der Waals surface area contributed by atoms with E-state index in [0.717, 1.165) is 0 Å². The van der Waals surface area contributed by atoms with E-state index >= 15 is 0 Å². The van der Waals surface area contributed by atoms with Crippen molar-refractivity contribution >= 4 is 0 Å². The molecule has 1 aliphatic rings. The summed E-state index contributed by atoms with van der Waals surface area (Å²) < 4.78 is 10.0. The van der Waals surface area contributed by atoms with Crippen LogP contribution in [-0.4, -0.2) is 64.3 Å². The Morgan fingerprint density at radius 1 is 1.14 bits per heavy atom. The summed E-state index contributed by atoms with van der Waals surface area (Å²) in [7, 11) is 0. The van der Waals surface area contributed by atoms with Gasteiger partial charge in [-0.25, -0.2) is 0 Å². The summed E-state index contributed by atoms with van der Waals surface area (Å²) in [6.45, 7) is 1.58. The van der Waals surface area contributed by atoms with Crippen LogP contribution in [0.1, 0.15) is 6.92 Å². The predicted molar refractivity (Wildman–Crippen MR) is 45.4 cm³/mol. The molecule has 1 fully saturated rings. The molecule has 0 spiro atoms. The maximum atomic E-state index is 9.41. The lowest BCUT2D eigenvalue weighted by Crippen LogP contribution is -2.59. The molecule has 0 aromatic heterocycles. The van der Waals surface area contributed by atoms with Gasteiger partial charge in [-0.1, -0.05) is 0 Å². The van der Waals surface area contributed by atoms with E-state index in [0.29, 0.717) is 6.61 Å². The van der Waals surface area contributed by atoms with Crippen LogP contribution in [0.3, 0.4) is 0 Å². The van der Waals surface area contributed by atoms with Crippen LogP contribution in [0, 0.1) is 0 Å². The van der Waals surface area contributed by atoms with Crippen molar-refractivity contribution in [3.63, 3.8) is 0 Å². The monoisotopic (exact) mass is 208 g/mol. The van der Waals surface area contributed by atoms with E-state index in [9.17, 15) is 15.3 Å². The fourth-order valence-electron chi connectivity index (χ4n) is 1.37. The van der Waals surface area contributed by atoms with Gasteiger partial charge < -0.3 is 29.9 Å². The van der Waals surface area contributed by atoms with Gasteiger partial charge in [-0.05, 0) is 6.92 Å². The molecule has 0 aliphatic carbocycles. The van der Waals surface area contributed by atoms with Crippen LogP contribution in [0.4, 0.5) is 0 Å². The molecular formula is C8H16O6. The SMILES string of the molecule is CCOC1OC(CO)[C@@H](O)C(O)[C@@H]1O. The van der Waals surface area contributed by atoms with E-state index in [1.54, 1.807) is 6.92 Å². The standard InChI is InChI=1S/C8H16O6/c1-2-13-8-7(12)6(11)5(10)4(3-9)14-8/h4-12H,2-3H2,1H3/t4?,5-,6?,7+,8?/m1/s1. The topological polar surface area (TPSA) is 99.4 Å². The van der Waals surface area contributed by atoms with Gasteiger partial charge >= 0.3 is 0 Å². The molecule has 0 aromatic carbocycles. The third-order valence-corrected chi connectivity index (χ3v) is 2.18. The van der Waals surface area contributed by atoms with E-state index in [-0.39, 0.29) is 0 Å². The molecule has 1 saturated heterocycles. The fourth-order valence-corrected chi connectivity index (χ4v) is 1.37. The second-order valence-electron chi connectivity index (χ2n) is 3.15. The number of aliphatic hydroxyl groups is 4. The van der Waals surface area contributed by atoms with Crippen LogP contribution in [0.2, 0.25) is 0 Å². The normalized spacial score (nSPS) is 43.9. The molecule has 1 aliphatic heterocycles. The molecule has 1 heterocycles. The van der Waals surface area contributed by atoms with Gasteiger partial charge in [0.2, 0.25) is 0 Å². The molecule has 84 valence electrons. The summed E-state index contributed by atoms with van der Waals surface area (Å²) >= 11 is 0. The van der Waals surface area contributed by atoms with Gasteiger partial charge in [0.1, 0.15) is 24.4 Å². The molecule has 1 rings (SSSR count). The average molecular weight is 208 g/mol. The minimum absolute atomic E-state index is 0.308. The van der Waals surface area contributed by atoms with E-state index in [1.807, 2.05) is 0 Å². The molecule has 0 aromatic rings. The maximum absolute atomic E-state index is 9.41. The number of aliphatic hydroxyl groups excluding tert-OH is 4. The lowest BCUT2D eigenvalue weighted by molar-refractivity contribution is -0.300. The van der Waals surface area contributed by atoms with E-state index < -0.39 is 37.3 Å². The first kappa shape index (κ1) is 11.8. The second kappa shape index (κ2) is 5.01. The van der Waals surface area contributed by atoms with Crippen molar-refractivity contribution in [1.29, 1.82) is 0 Å². The average Bonchev–Trinajstić information content (AvgIpc) is 2.19. The largest absolute Gasteiger partial charge is 0.394 e. The summed E-state index contributed by atoms with van der Waals surface area (Å²) in [5, 5.41) is 36.9. The molecule has 3 unspecified atom stereocenters. The van der Waals surface area contributed by atoms with Crippen LogP contribution in [-0.2, 0) is 9.47 Å². The summed E-state index contributed by atoms with van der Waals surface area (Å²) in [6.07, 6.45) is -5.89. The first-order valence-electron chi connectivity index (χ1n) is 4.54. The summed E-state index contributed by atoms with van der Waals surface area (Å²) in [4.78, 5) is 0. The summed E-state index contributed by atoms with van der Waals surface area (Å²) in [6, 6.07) is 0. The molecule has 0 bridgehead atoms. The Bertz CT molecular complexity index is 171. The predicted octanol–water partition coefficient (Wildman–Crippen LogP) is -2.18. The highest BCUT2D eigenvalue weighted by atomic mass is 16.7. The van der Waals surface area contributed by atoms with Crippen molar-refractivity contribution in [2.45, 2.75) is 37.6 Å². The van der Waals surface area contributed by atoms with Crippen molar-refractivity contribution in [1.82, 2.24) is 0 Å². The Kier molecular flexibility index (Phi) is 4.24. The molecule has 14 heavy (non-hydrogen) atoms. The zero-order valence-corrected chi connectivity index (χ0v) is 7.91. The highest BCUT2D eigenvalue weighted by Crippen LogP contribution is 2.21. The van der Waals surface area contributed by atoms with Crippen molar-refractivity contribution in [3.05, 3.63) is 0 Å². The smallest absolute Gasteiger partial charge is 0.186 e. The Hall–Kier alpha value is -0.240. The summed E-state index contributed by atoms with van der Waals surface area (Å²) in [5.74, 6) is 0. The van der Waals surface area contributed by atoms with Crippen molar-refractivity contribution in [2.24, 2.45) is 0 Å². The Balaban J connectivity index is 2.63. The molecule has 6 nitrogen and oxygen atoms in total. The lowest BCUT2D eigenvalue weighted by atomic mass is 9.99. The second-order valence-corrected chi connectivity index (χ2v) is 3.15. The lowest BCUT2D eigenvalue weighted by Gasteiger charge is -2.39. The van der Waals surface area contributed by atoms with Crippen LogP contribution in [0.25, 0.3) is 0 Å². The van der Waals surface area contributed by atoms with Gasteiger partial charge in [-0.2, -0.15) is 0 Å². The molecule has 0 radical (unpaired) electrons. The van der Waals surface area contributed by atoms with Gasteiger partial charge in [0.25, 0.3) is 0 Å². The molecule has 0 amide bonds. The van der Waals surface area contributed by atoms with Gasteiger partial charge in [-0.3, -0.25) is 0 Å². The van der Waals surface area contributed by atoms with Crippen molar-refractivity contribution in [3.8, 4) is 0 Å². The zero-order valence-electron chi connectivity index (χ0n) is 7.91. The van der Waals surface area contributed by atoms with Crippen LogP contribution in [0.15, 0.2) is 0 Å². The number of ether oxygens (including phenoxy) is 2.